The SMILES string of the molecule is CCCCCCCCCCCCSC1(CCc2[nH]c(Cl)nc2Cl)C=CC=CC1.O=C(O)C(=O)O. The molecule has 1 heterocycles. The second kappa shape index (κ2) is 17.9. The quantitative estimate of drug-likeness (QED) is 0.158. The second-order valence-electron chi connectivity index (χ2n) is 8.49. The van der Waals surface area contributed by atoms with Gasteiger partial charge < -0.3 is 15.2 Å². The van der Waals surface area contributed by atoms with Crippen molar-refractivity contribution in [3.05, 3.63) is 40.4 Å². The van der Waals surface area contributed by atoms with Crippen LogP contribution in [0.15, 0.2) is 24.3 Å². The predicted octanol–water partition coefficient (Wildman–Crippen LogP) is 7.71. The molecule has 9 heteroatoms. The van der Waals surface area contributed by atoms with Crippen molar-refractivity contribution in [3.63, 3.8) is 0 Å². The molecule has 6 nitrogen and oxygen atoms in total. The Labute approximate surface area is 217 Å². The van der Waals surface area contributed by atoms with Gasteiger partial charge in [0.2, 0.25) is 5.28 Å². The van der Waals surface area contributed by atoms with Crippen LogP contribution < -0.4 is 0 Å². The van der Waals surface area contributed by atoms with Gasteiger partial charge in [-0.05, 0) is 43.0 Å². The summed E-state index contributed by atoms with van der Waals surface area (Å²) in [5.74, 6) is -2.42. The summed E-state index contributed by atoms with van der Waals surface area (Å²) in [6, 6.07) is 0. The summed E-state index contributed by atoms with van der Waals surface area (Å²) < 4.78 is 0.176. The number of nitrogens with zero attached hydrogens (tertiary/aromatic N) is 1. The van der Waals surface area contributed by atoms with Crippen LogP contribution in [-0.2, 0) is 16.0 Å². The van der Waals surface area contributed by atoms with Crippen LogP contribution in [-0.4, -0.2) is 42.6 Å². The molecular formula is C25H38Cl2N2O4S. The molecule has 34 heavy (non-hydrogen) atoms. The van der Waals surface area contributed by atoms with E-state index in [0.29, 0.717) is 10.4 Å². The van der Waals surface area contributed by atoms with E-state index in [-0.39, 0.29) is 4.75 Å². The van der Waals surface area contributed by atoms with Gasteiger partial charge in [0.15, 0.2) is 5.15 Å². The molecule has 1 aliphatic rings. The van der Waals surface area contributed by atoms with E-state index >= 15 is 0 Å². The molecule has 1 aliphatic carbocycles. The van der Waals surface area contributed by atoms with Gasteiger partial charge in [0.25, 0.3) is 0 Å². The van der Waals surface area contributed by atoms with Crippen molar-refractivity contribution in [2.75, 3.05) is 5.75 Å². The minimum Gasteiger partial charge on any atom is -0.473 e. The third-order valence-electron chi connectivity index (χ3n) is 5.68. The fourth-order valence-corrected chi connectivity index (χ4v) is 5.59. The summed E-state index contributed by atoms with van der Waals surface area (Å²) >= 11 is 14.2. The molecule has 0 saturated carbocycles. The van der Waals surface area contributed by atoms with E-state index in [1.165, 1.54) is 70.0 Å². The van der Waals surface area contributed by atoms with Gasteiger partial charge in [0.1, 0.15) is 0 Å². The maximum absolute atomic E-state index is 9.10. The number of aryl methyl sites for hydroxylation is 1. The van der Waals surface area contributed by atoms with Gasteiger partial charge in [0.05, 0.1) is 5.69 Å². The molecule has 1 aromatic rings. The number of aliphatic carboxylic acids is 2. The standard InChI is InChI=1S/C23H36Cl2N2S.C2H2O4/c1-2-3-4-5-6-7-8-9-10-14-19-28-23(16-12-11-13-17-23)18-15-20-21(24)27-22(25)26-20;3-1(4)2(5)6/h11-13,16H,2-10,14-15,17-19H2,1H3,(H,26,27);(H,3,4)(H,5,6). The number of H-pyrrole nitrogens is 1. The molecule has 0 spiro atoms. The number of carboxylic acids is 2. The Balaban J connectivity index is 0.000000852. The summed E-state index contributed by atoms with van der Waals surface area (Å²) in [6.07, 6.45) is 25.9. The number of aromatic amines is 1. The maximum atomic E-state index is 9.10. The molecule has 0 saturated heterocycles. The van der Waals surface area contributed by atoms with Crippen LogP contribution in [0.25, 0.3) is 0 Å². The number of imidazole rings is 1. The number of thioether (sulfide) groups is 1. The minimum absolute atomic E-state index is 0.176. The number of nitrogens with one attached hydrogen (secondary N) is 1. The van der Waals surface area contributed by atoms with E-state index in [1.54, 1.807) is 0 Å². The van der Waals surface area contributed by atoms with Crippen molar-refractivity contribution < 1.29 is 19.8 Å². The van der Waals surface area contributed by atoms with Gasteiger partial charge in [-0.25, -0.2) is 14.6 Å². The summed E-state index contributed by atoms with van der Waals surface area (Å²) in [4.78, 5) is 25.3. The highest BCUT2D eigenvalue weighted by molar-refractivity contribution is 8.00. The molecule has 3 N–H and O–H groups in total. The van der Waals surface area contributed by atoms with E-state index in [0.717, 1.165) is 25.0 Å². The summed E-state index contributed by atoms with van der Waals surface area (Å²) in [7, 11) is 0. The Kier molecular flexibility index (Phi) is 16.1. The first kappa shape index (κ1) is 30.6. The molecule has 192 valence electrons. The fourth-order valence-electron chi connectivity index (χ4n) is 3.73. The van der Waals surface area contributed by atoms with E-state index in [2.05, 4.69) is 53.0 Å². The number of carboxylic acid groups (broad SMARTS) is 2. The molecular weight excluding hydrogens is 495 g/mol. The molecule has 0 aromatic carbocycles. The van der Waals surface area contributed by atoms with E-state index in [4.69, 9.17) is 43.0 Å². The van der Waals surface area contributed by atoms with E-state index in [1.807, 2.05) is 0 Å². The van der Waals surface area contributed by atoms with Crippen molar-refractivity contribution >= 4 is 46.9 Å². The van der Waals surface area contributed by atoms with Crippen molar-refractivity contribution in [2.24, 2.45) is 0 Å². The summed E-state index contributed by atoms with van der Waals surface area (Å²) in [5.41, 5.74) is 0.952. The van der Waals surface area contributed by atoms with Crippen molar-refractivity contribution in [1.82, 2.24) is 9.97 Å². The highest BCUT2D eigenvalue weighted by Crippen LogP contribution is 2.39. The van der Waals surface area contributed by atoms with E-state index in [9.17, 15) is 0 Å². The molecule has 0 amide bonds. The molecule has 1 unspecified atom stereocenters. The minimum atomic E-state index is -1.82. The van der Waals surface area contributed by atoms with Gasteiger partial charge in [0, 0.05) is 4.75 Å². The Morgan fingerprint density at radius 2 is 1.59 bits per heavy atom. The Hall–Kier alpha value is -1.44. The highest BCUT2D eigenvalue weighted by Gasteiger charge is 2.28. The largest absolute Gasteiger partial charge is 0.473 e. The van der Waals surface area contributed by atoms with Crippen LogP contribution in [0.3, 0.4) is 0 Å². The second-order valence-corrected chi connectivity index (χ2v) is 10.7. The zero-order valence-corrected chi connectivity index (χ0v) is 22.4. The number of carbonyl (C=O) groups is 2. The lowest BCUT2D eigenvalue weighted by Gasteiger charge is -2.31. The van der Waals surface area contributed by atoms with Gasteiger partial charge in [-0.2, -0.15) is 11.8 Å². The third kappa shape index (κ3) is 13.4. The molecule has 1 aromatic heterocycles. The normalized spacial score (nSPS) is 16.8. The first-order chi connectivity index (χ1) is 16.3. The first-order valence-electron chi connectivity index (χ1n) is 12.1. The summed E-state index contributed by atoms with van der Waals surface area (Å²) in [6.45, 7) is 2.28. The topological polar surface area (TPSA) is 103 Å². The van der Waals surface area contributed by atoms with Crippen LogP contribution in [0.2, 0.25) is 10.4 Å². The zero-order chi connectivity index (χ0) is 25.2. The number of hydrogen-bond donors (Lipinski definition) is 3. The third-order valence-corrected chi connectivity index (χ3v) is 7.74. The lowest BCUT2D eigenvalue weighted by Crippen LogP contribution is -2.24. The Morgan fingerprint density at radius 3 is 2.06 bits per heavy atom. The fraction of sp³-hybridized carbons (Fsp3) is 0.640. The smallest absolute Gasteiger partial charge is 0.414 e. The molecule has 0 aliphatic heterocycles. The number of hydrogen-bond acceptors (Lipinski definition) is 4. The van der Waals surface area contributed by atoms with Crippen LogP contribution in [0.4, 0.5) is 0 Å². The number of halogens is 2. The number of allylic oxidation sites excluding steroid dienone is 3. The monoisotopic (exact) mass is 532 g/mol. The number of rotatable bonds is 15. The van der Waals surface area contributed by atoms with Gasteiger partial charge in [-0.1, -0.05) is 101 Å². The Morgan fingerprint density at radius 1 is 1.00 bits per heavy atom. The van der Waals surface area contributed by atoms with E-state index < -0.39 is 11.9 Å². The first-order valence-corrected chi connectivity index (χ1v) is 13.9. The van der Waals surface area contributed by atoms with Crippen LogP contribution in [0, 0.1) is 0 Å². The molecule has 0 fully saturated rings. The van der Waals surface area contributed by atoms with Crippen molar-refractivity contribution in [1.29, 1.82) is 0 Å². The van der Waals surface area contributed by atoms with Gasteiger partial charge in [-0.3, -0.25) is 0 Å². The predicted molar refractivity (Wildman–Crippen MR) is 142 cm³/mol. The number of aromatic nitrogens is 2. The van der Waals surface area contributed by atoms with Crippen molar-refractivity contribution in [2.45, 2.75) is 95.1 Å². The molecule has 0 radical (unpaired) electrons. The van der Waals surface area contributed by atoms with Crippen molar-refractivity contribution in [3.8, 4) is 0 Å². The Bertz CT molecular complexity index is 786. The highest BCUT2D eigenvalue weighted by atomic mass is 35.5. The lowest BCUT2D eigenvalue weighted by molar-refractivity contribution is -0.159. The average Bonchev–Trinajstić information content (AvgIpc) is 3.14. The maximum Gasteiger partial charge on any atom is 0.414 e. The van der Waals surface area contributed by atoms with Crippen LogP contribution >= 0.6 is 35.0 Å². The van der Waals surface area contributed by atoms with Gasteiger partial charge >= 0.3 is 11.9 Å². The average molecular weight is 534 g/mol. The van der Waals surface area contributed by atoms with Crippen LogP contribution in [0.1, 0.15) is 89.7 Å². The molecule has 2 rings (SSSR count). The van der Waals surface area contributed by atoms with Gasteiger partial charge in [-0.15, -0.1) is 0 Å². The molecule has 0 bridgehead atoms. The number of unbranched alkanes of at least 4 members (excludes halogenated alkanes) is 9. The van der Waals surface area contributed by atoms with Crippen LogP contribution in [0.5, 0.6) is 0 Å². The summed E-state index contributed by atoms with van der Waals surface area (Å²) in [5, 5.41) is 15.7. The molecule has 1 atom stereocenters. The lowest BCUT2D eigenvalue weighted by atomic mass is 9.94. The zero-order valence-electron chi connectivity index (χ0n) is 20.0.